The molecule has 1 aliphatic carbocycles. The third-order valence-corrected chi connectivity index (χ3v) is 6.15. The van der Waals surface area contributed by atoms with Gasteiger partial charge in [-0.05, 0) is 68.1 Å². The topological polar surface area (TPSA) is 42.1 Å². The average molecular weight is 388 g/mol. The molecule has 0 saturated heterocycles. The van der Waals surface area contributed by atoms with Crippen molar-refractivity contribution in [2.45, 2.75) is 45.4 Å². The minimum Gasteiger partial charge on any atom is -0.463 e. The minimum absolute atomic E-state index is 0.000490. The number of ether oxygens (including phenoxy) is 1. The highest BCUT2D eigenvalue weighted by atomic mass is 16.5. The summed E-state index contributed by atoms with van der Waals surface area (Å²) in [4.78, 5) is 15.6. The summed E-state index contributed by atoms with van der Waals surface area (Å²) < 4.78 is 5.14. The van der Waals surface area contributed by atoms with Crippen molar-refractivity contribution in [2.24, 2.45) is 5.41 Å². The number of nitrogens with one attached hydrogen (secondary N) is 1. The second kappa shape index (κ2) is 8.69. The lowest BCUT2D eigenvalue weighted by Gasteiger charge is -2.35. The van der Waals surface area contributed by atoms with E-state index < -0.39 is 0 Å². The summed E-state index contributed by atoms with van der Waals surface area (Å²) >= 11 is 0. The van der Waals surface area contributed by atoms with Crippen LogP contribution in [0, 0.1) is 5.41 Å². The number of benzene rings is 2. The highest BCUT2D eigenvalue weighted by molar-refractivity contribution is 5.85. The Balaban J connectivity index is 1.57. The van der Waals surface area contributed by atoms with E-state index in [1.165, 1.54) is 27.7 Å². The van der Waals surface area contributed by atoms with Crippen LogP contribution >= 0.6 is 0 Å². The van der Waals surface area contributed by atoms with Gasteiger partial charge >= 0.3 is 5.97 Å². The highest BCUT2D eigenvalue weighted by Gasteiger charge is 2.34. The van der Waals surface area contributed by atoms with E-state index in [2.05, 4.69) is 65.7 Å². The molecule has 3 aromatic rings. The normalized spacial score (nSPS) is 18.8. The standard InChI is InChI=1S/C26H29NO2/c1-2-29-25(28)15-18-26(16-8-11-20-9-4-3-5-10-20)17-14-24-22(19-26)21-12-6-7-13-23(21)27-24/h3-7,9-10,12-13,15,18,27H,2,8,11,14,16-17,19H2,1H3. The quantitative estimate of drug-likeness (QED) is 0.412. The third kappa shape index (κ3) is 4.45. The number of aromatic nitrogens is 1. The van der Waals surface area contributed by atoms with Crippen molar-refractivity contribution >= 4 is 16.9 Å². The lowest BCUT2D eigenvalue weighted by Crippen LogP contribution is -2.27. The Bertz CT molecular complexity index is 1000. The maximum absolute atomic E-state index is 12.0. The van der Waals surface area contributed by atoms with E-state index in [1.54, 1.807) is 6.08 Å². The molecule has 2 aromatic carbocycles. The molecule has 0 amide bonds. The first kappa shape index (κ1) is 19.5. The largest absolute Gasteiger partial charge is 0.463 e. The van der Waals surface area contributed by atoms with E-state index in [4.69, 9.17) is 4.74 Å². The van der Waals surface area contributed by atoms with Gasteiger partial charge in [-0.2, -0.15) is 0 Å². The maximum atomic E-state index is 12.0. The van der Waals surface area contributed by atoms with Gasteiger partial charge in [0.25, 0.3) is 0 Å². The maximum Gasteiger partial charge on any atom is 0.330 e. The summed E-state index contributed by atoms with van der Waals surface area (Å²) in [7, 11) is 0. The summed E-state index contributed by atoms with van der Waals surface area (Å²) in [5, 5.41) is 1.32. The van der Waals surface area contributed by atoms with E-state index in [-0.39, 0.29) is 11.4 Å². The Morgan fingerprint density at radius 1 is 1.14 bits per heavy atom. The molecule has 1 heterocycles. The fraction of sp³-hybridized carbons (Fsp3) is 0.346. The first-order chi connectivity index (χ1) is 14.2. The Labute approximate surface area is 172 Å². The van der Waals surface area contributed by atoms with Crippen LogP contribution in [-0.4, -0.2) is 17.6 Å². The Kier molecular flexibility index (Phi) is 5.84. The Morgan fingerprint density at radius 3 is 2.76 bits per heavy atom. The molecule has 4 rings (SSSR count). The molecule has 0 fully saturated rings. The van der Waals surface area contributed by atoms with Gasteiger partial charge in [0.15, 0.2) is 0 Å². The molecule has 0 bridgehead atoms. The molecule has 3 heteroatoms. The second-order valence-corrected chi connectivity index (χ2v) is 8.09. The van der Waals surface area contributed by atoms with Crippen LogP contribution in [0.5, 0.6) is 0 Å². The Hall–Kier alpha value is -2.81. The number of aromatic amines is 1. The van der Waals surface area contributed by atoms with Crippen molar-refractivity contribution in [3.8, 4) is 0 Å². The van der Waals surface area contributed by atoms with Gasteiger partial charge in [0, 0.05) is 22.7 Å². The summed E-state index contributed by atoms with van der Waals surface area (Å²) in [5.74, 6) is -0.236. The van der Waals surface area contributed by atoms with Crippen LogP contribution in [0.2, 0.25) is 0 Å². The summed E-state index contributed by atoms with van der Waals surface area (Å²) in [5.41, 5.74) is 5.36. The predicted octanol–water partition coefficient (Wildman–Crippen LogP) is 5.79. The van der Waals surface area contributed by atoms with E-state index in [0.717, 1.165) is 38.5 Å². The monoisotopic (exact) mass is 387 g/mol. The van der Waals surface area contributed by atoms with Crippen molar-refractivity contribution in [3.63, 3.8) is 0 Å². The molecule has 0 aliphatic heterocycles. The molecule has 3 nitrogen and oxygen atoms in total. The first-order valence-corrected chi connectivity index (χ1v) is 10.7. The number of aryl methyl sites for hydroxylation is 2. The van der Waals surface area contributed by atoms with Gasteiger partial charge in [-0.25, -0.2) is 4.79 Å². The van der Waals surface area contributed by atoms with Gasteiger partial charge in [-0.15, -0.1) is 0 Å². The van der Waals surface area contributed by atoms with E-state index in [0.29, 0.717) is 6.61 Å². The number of H-pyrrole nitrogens is 1. The van der Waals surface area contributed by atoms with E-state index in [9.17, 15) is 4.79 Å². The number of carbonyl (C=O) groups excluding carboxylic acids is 1. The lowest BCUT2D eigenvalue weighted by molar-refractivity contribution is -0.137. The van der Waals surface area contributed by atoms with Crippen molar-refractivity contribution in [1.82, 2.24) is 4.98 Å². The number of hydrogen-bond acceptors (Lipinski definition) is 2. The van der Waals surface area contributed by atoms with Crippen molar-refractivity contribution in [3.05, 3.63) is 83.6 Å². The summed E-state index contributed by atoms with van der Waals surface area (Å²) in [6, 6.07) is 19.2. The average Bonchev–Trinajstić information content (AvgIpc) is 3.11. The number of fused-ring (bicyclic) bond motifs is 3. The second-order valence-electron chi connectivity index (χ2n) is 8.09. The van der Waals surface area contributed by atoms with Gasteiger partial charge in [0.2, 0.25) is 0 Å². The molecule has 0 saturated carbocycles. The molecule has 1 aliphatic rings. The molecule has 150 valence electrons. The fourth-order valence-corrected chi connectivity index (χ4v) is 4.65. The molecule has 1 N–H and O–H groups in total. The fourth-order valence-electron chi connectivity index (χ4n) is 4.65. The molecular weight excluding hydrogens is 358 g/mol. The predicted molar refractivity (Wildman–Crippen MR) is 118 cm³/mol. The molecule has 29 heavy (non-hydrogen) atoms. The minimum atomic E-state index is -0.236. The van der Waals surface area contributed by atoms with Crippen LogP contribution in [0.25, 0.3) is 10.9 Å². The third-order valence-electron chi connectivity index (χ3n) is 6.15. The van der Waals surface area contributed by atoms with Gasteiger partial charge in [-0.1, -0.05) is 54.6 Å². The molecule has 1 aromatic heterocycles. The van der Waals surface area contributed by atoms with Crippen LogP contribution in [0.3, 0.4) is 0 Å². The molecule has 0 spiro atoms. The number of carbonyl (C=O) groups is 1. The van der Waals surface area contributed by atoms with Crippen molar-refractivity contribution in [2.75, 3.05) is 6.61 Å². The Morgan fingerprint density at radius 2 is 1.93 bits per heavy atom. The zero-order valence-electron chi connectivity index (χ0n) is 17.1. The summed E-state index contributed by atoms with van der Waals surface area (Å²) in [6.07, 6.45) is 10.1. The number of para-hydroxylation sites is 1. The van der Waals surface area contributed by atoms with Crippen molar-refractivity contribution in [1.29, 1.82) is 0 Å². The van der Waals surface area contributed by atoms with Crippen molar-refractivity contribution < 1.29 is 9.53 Å². The SMILES string of the molecule is CCOC(=O)C=CC1(CCCc2ccccc2)CCc2[nH]c3ccccc3c2C1. The molecular formula is C26H29NO2. The number of rotatable bonds is 7. The van der Waals surface area contributed by atoms with E-state index in [1.807, 2.05) is 6.92 Å². The molecule has 1 atom stereocenters. The van der Waals surface area contributed by atoms with Gasteiger partial charge in [0.05, 0.1) is 6.61 Å². The van der Waals surface area contributed by atoms with Crippen LogP contribution in [0.1, 0.15) is 43.0 Å². The van der Waals surface area contributed by atoms with Gasteiger partial charge in [-0.3, -0.25) is 0 Å². The number of allylic oxidation sites excluding steroid dienone is 1. The van der Waals surface area contributed by atoms with Crippen LogP contribution in [0.4, 0.5) is 0 Å². The highest BCUT2D eigenvalue weighted by Crippen LogP contribution is 2.43. The first-order valence-electron chi connectivity index (χ1n) is 10.7. The smallest absolute Gasteiger partial charge is 0.330 e. The van der Waals surface area contributed by atoms with Crippen LogP contribution in [-0.2, 0) is 28.8 Å². The summed E-state index contributed by atoms with van der Waals surface area (Å²) in [6.45, 7) is 2.26. The van der Waals surface area contributed by atoms with Gasteiger partial charge in [0.1, 0.15) is 0 Å². The zero-order valence-corrected chi connectivity index (χ0v) is 17.1. The molecule has 0 radical (unpaired) electrons. The zero-order chi connectivity index (χ0) is 20.1. The lowest BCUT2D eigenvalue weighted by atomic mass is 9.69. The van der Waals surface area contributed by atoms with Crippen LogP contribution in [0.15, 0.2) is 66.7 Å². The molecule has 1 unspecified atom stereocenters. The number of hydrogen-bond donors (Lipinski definition) is 1. The number of esters is 1. The van der Waals surface area contributed by atoms with Gasteiger partial charge < -0.3 is 9.72 Å². The van der Waals surface area contributed by atoms with E-state index >= 15 is 0 Å². The van der Waals surface area contributed by atoms with Crippen LogP contribution < -0.4 is 0 Å².